The van der Waals surface area contributed by atoms with E-state index in [0.717, 1.165) is 44.1 Å². The van der Waals surface area contributed by atoms with Crippen LogP contribution in [0.1, 0.15) is 64.9 Å². The molecule has 2 fully saturated rings. The lowest BCUT2D eigenvalue weighted by Gasteiger charge is -2.40. The van der Waals surface area contributed by atoms with Crippen LogP contribution in [0.4, 0.5) is 0 Å². The summed E-state index contributed by atoms with van der Waals surface area (Å²) in [6, 6.07) is 13.0. The zero-order valence-corrected chi connectivity index (χ0v) is 15.6. The first-order valence-electron chi connectivity index (χ1n) is 9.62. The van der Waals surface area contributed by atoms with Crippen LogP contribution in [-0.4, -0.2) is 27.9 Å². The lowest BCUT2D eigenvalue weighted by atomic mass is 9.78. The molecule has 27 heavy (non-hydrogen) atoms. The molecule has 140 valence electrons. The van der Waals surface area contributed by atoms with Crippen LogP contribution < -0.4 is 10.6 Å². The fraction of sp³-hybridized carbons (Fsp3) is 0.409. The van der Waals surface area contributed by atoms with Gasteiger partial charge in [-0.2, -0.15) is 0 Å². The molecule has 2 saturated carbocycles. The van der Waals surface area contributed by atoms with Gasteiger partial charge in [0.05, 0.1) is 0 Å². The van der Waals surface area contributed by atoms with Gasteiger partial charge in [0.25, 0.3) is 11.8 Å². The summed E-state index contributed by atoms with van der Waals surface area (Å²) in [6.45, 7) is 1.99. The minimum atomic E-state index is -0.243. The molecule has 4 rings (SSSR count). The normalized spacial score (nSPS) is 26.4. The summed E-state index contributed by atoms with van der Waals surface area (Å²) in [5.74, 6) is -0.147. The Labute approximate surface area is 159 Å². The molecule has 2 aromatic rings. The summed E-state index contributed by atoms with van der Waals surface area (Å²) in [4.78, 5) is 29.6. The number of hydrogen-bond donors (Lipinski definition) is 2. The van der Waals surface area contributed by atoms with Crippen molar-refractivity contribution in [1.29, 1.82) is 0 Å². The van der Waals surface area contributed by atoms with Crippen molar-refractivity contribution in [1.82, 2.24) is 15.6 Å². The van der Waals surface area contributed by atoms with Gasteiger partial charge in [0, 0.05) is 22.8 Å². The standard InChI is InChI=1S/C22H25N3O2/c1-16-6-4-7-17(14-16)19(26)24-21-9-5-10-22(15-21,12-11-21)25-20(27)18-8-2-3-13-23-18/h2-4,6-8,13-14H,5,9-12,15H2,1H3,(H,24,26)(H,25,27)/t21-,22+/m1/s1. The summed E-state index contributed by atoms with van der Waals surface area (Å²) >= 11 is 0. The molecule has 0 spiro atoms. The van der Waals surface area contributed by atoms with Gasteiger partial charge >= 0.3 is 0 Å². The fourth-order valence-electron chi connectivity index (χ4n) is 4.73. The van der Waals surface area contributed by atoms with Gasteiger partial charge in [-0.15, -0.1) is 0 Å². The van der Waals surface area contributed by atoms with E-state index in [4.69, 9.17) is 0 Å². The van der Waals surface area contributed by atoms with Crippen molar-refractivity contribution in [3.63, 3.8) is 0 Å². The number of nitrogens with zero attached hydrogens (tertiary/aromatic N) is 1. The number of aryl methyl sites for hydroxylation is 1. The van der Waals surface area contributed by atoms with Crippen LogP contribution >= 0.6 is 0 Å². The van der Waals surface area contributed by atoms with Crippen molar-refractivity contribution >= 4 is 11.8 Å². The van der Waals surface area contributed by atoms with Crippen molar-refractivity contribution in [3.8, 4) is 0 Å². The van der Waals surface area contributed by atoms with Crippen molar-refractivity contribution in [2.24, 2.45) is 0 Å². The molecule has 0 radical (unpaired) electrons. The number of benzene rings is 1. The van der Waals surface area contributed by atoms with E-state index >= 15 is 0 Å². The van der Waals surface area contributed by atoms with Gasteiger partial charge in [-0.05, 0) is 69.7 Å². The molecule has 5 heteroatoms. The van der Waals surface area contributed by atoms with Gasteiger partial charge in [0.15, 0.2) is 0 Å². The highest BCUT2D eigenvalue weighted by molar-refractivity contribution is 5.95. The van der Waals surface area contributed by atoms with E-state index < -0.39 is 0 Å². The Morgan fingerprint density at radius 2 is 1.67 bits per heavy atom. The number of hydrogen-bond acceptors (Lipinski definition) is 3. The minimum absolute atomic E-state index is 0.0209. The van der Waals surface area contributed by atoms with Crippen LogP contribution in [0.15, 0.2) is 48.7 Å². The summed E-state index contributed by atoms with van der Waals surface area (Å²) in [5, 5.41) is 6.53. The van der Waals surface area contributed by atoms with Gasteiger partial charge in [0.1, 0.15) is 5.69 Å². The number of pyridine rings is 1. The molecule has 0 saturated heterocycles. The van der Waals surface area contributed by atoms with E-state index in [9.17, 15) is 9.59 Å². The number of nitrogens with one attached hydrogen (secondary N) is 2. The molecule has 1 aromatic heterocycles. The first kappa shape index (κ1) is 17.7. The highest BCUT2D eigenvalue weighted by Crippen LogP contribution is 2.48. The van der Waals surface area contributed by atoms with Crippen molar-refractivity contribution < 1.29 is 9.59 Å². The van der Waals surface area contributed by atoms with Crippen molar-refractivity contribution in [3.05, 3.63) is 65.5 Å². The quantitative estimate of drug-likeness (QED) is 0.875. The Hall–Kier alpha value is -2.69. The van der Waals surface area contributed by atoms with Crippen LogP contribution in [0, 0.1) is 6.92 Å². The molecule has 1 aromatic carbocycles. The summed E-state index contributed by atoms with van der Waals surface area (Å²) in [6.07, 6.45) is 7.12. The SMILES string of the molecule is Cc1cccc(C(=O)N[C@]23CCC[C@](NC(=O)c4ccccn4)(CC2)C3)c1. The smallest absolute Gasteiger partial charge is 0.270 e. The molecule has 1 heterocycles. The van der Waals surface area contributed by atoms with Crippen molar-refractivity contribution in [2.75, 3.05) is 0 Å². The second kappa shape index (κ2) is 6.80. The van der Waals surface area contributed by atoms with Crippen LogP contribution in [0.25, 0.3) is 0 Å². The predicted octanol–water partition coefficient (Wildman–Crippen LogP) is 3.40. The van der Waals surface area contributed by atoms with E-state index in [1.165, 1.54) is 0 Å². The zero-order valence-electron chi connectivity index (χ0n) is 15.6. The lowest BCUT2D eigenvalue weighted by Crippen LogP contribution is -2.55. The molecule has 0 unspecified atom stereocenters. The predicted molar refractivity (Wildman–Crippen MR) is 104 cm³/mol. The second-order valence-corrected chi connectivity index (χ2v) is 8.08. The molecule has 2 bridgehead atoms. The van der Waals surface area contributed by atoms with Crippen LogP contribution in [0.3, 0.4) is 0 Å². The first-order valence-corrected chi connectivity index (χ1v) is 9.62. The number of rotatable bonds is 4. The van der Waals surface area contributed by atoms with Gasteiger partial charge in [-0.1, -0.05) is 23.8 Å². The average Bonchev–Trinajstić information content (AvgIpc) is 2.92. The number of carbonyl (C=O) groups excluding carboxylic acids is 2. The Morgan fingerprint density at radius 3 is 2.33 bits per heavy atom. The highest BCUT2D eigenvalue weighted by Gasteiger charge is 2.52. The fourth-order valence-corrected chi connectivity index (χ4v) is 4.73. The van der Waals surface area contributed by atoms with Crippen LogP contribution in [0.2, 0.25) is 0 Å². The maximum absolute atomic E-state index is 12.8. The monoisotopic (exact) mass is 363 g/mol. The van der Waals surface area contributed by atoms with Crippen molar-refractivity contribution in [2.45, 2.75) is 56.5 Å². The average molecular weight is 363 g/mol. The lowest BCUT2D eigenvalue weighted by molar-refractivity contribution is 0.0829. The molecule has 5 nitrogen and oxygen atoms in total. The van der Waals surface area contributed by atoms with E-state index in [-0.39, 0.29) is 22.9 Å². The number of aromatic nitrogens is 1. The Morgan fingerprint density at radius 1 is 0.926 bits per heavy atom. The second-order valence-electron chi connectivity index (χ2n) is 8.08. The molecular weight excluding hydrogens is 338 g/mol. The molecule has 2 N–H and O–H groups in total. The molecular formula is C22H25N3O2. The highest BCUT2D eigenvalue weighted by atomic mass is 16.2. The van der Waals surface area contributed by atoms with Gasteiger partial charge in [0.2, 0.25) is 0 Å². The maximum Gasteiger partial charge on any atom is 0.270 e. The van der Waals surface area contributed by atoms with E-state index in [0.29, 0.717) is 11.3 Å². The summed E-state index contributed by atoms with van der Waals surface area (Å²) < 4.78 is 0. The number of amides is 2. The molecule has 2 atom stereocenters. The third kappa shape index (κ3) is 3.59. The molecule has 0 aliphatic heterocycles. The van der Waals surface area contributed by atoms with Crippen LogP contribution in [0.5, 0.6) is 0 Å². The van der Waals surface area contributed by atoms with Gasteiger partial charge in [-0.25, -0.2) is 0 Å². The third-order valence-corrected chi connectivity index (χ3v) is 6.00. The summed E-state index contributed by atoms with van der Waals surface area (Å²) in [5.41, 5.74) is 1.75. The topological polar surface area (TPSA) is 71.1 Å². The number of carbonyl (C=O) groups is 2. The van der Waals surface area contributed by atoms with Gasteiger partial charge in [-0.3, -0.25) is 14.6 Å². The molecule has 2 aliphatic rings. The molecule has 2 aliphatic carbocycles. The Balaban J connectivity index is 1.48. The third-order valence-electron chi connectivity index (χ3n) is 6.00. The minimum Gasteiger partial charge on any atom is -0.347 e. The first-order chi connectivity index (χ1) is 13.0. The largest absolute Gasteiger partial charge is 0.347 e. The summed E-state index contributed by atoms with van der Waals surface area (Å²) in [7, 11) is 0. The van der Waals surface area contributed by atoms with E-state index in [1.54, 1.807) is 18.3 Å². The van der Waals surface area contributed by atoms with Gasteiger partial charge < -0.3 is 10.6 Å². The maximum atomic E-state index is 12.8. The van der Waals surface area contributed by atoms with E-state index in [2.05, 4.69) is 15.6 Å². The van der Waals surface area contributed by atoms with Crippen LogP contribution in [-0.2, 0) is 0 Å². The Kier molecular flexibility index (Phi) is 4.46. The van der Waals surface area contributed by atoms with E-state index in [1.807, 2.05) is 37.3 Å². The zero-order chi connectivity index (χ0) is 18.9. The number of fused-ring (bicyclic) bond motifs is 2. The Bertz CT molecular complexity index is 867. The molecule has 2 amide bonds.